The molecule has 0 saturated heterocycles. The number of hydrogen-bond acceptors (Lipinski definition) is 2. The zero-order valence-electron chi connectivity index (χ0n) is 15.1. The third-order valence-corrected chi connectivity index (χ3v) is 6.54. The Bertz CT molecular complexity index is 702. The first-order valence-corrected chi connectivity index (χ1v) is 8.34. The van der Waals surface area contributed by atoms with Crippen LogP contribution in [0.4, 0.5) is 0 Å². The van der Waals surface area contributed by atoms with Gasteiger partial charge >= 0.3 is 0 Å². The summed E-state index contributed by atoms with van der Waals surface area (Å²) in [5.74, 6) is -0.111. The van der Waals surface area contributed by atoms with Gasteiger partial charge in [0.2, 0.25) is 5.91 Å². The van der Waals surface area contributed by atoms with Gasteiger partial charge in [0.1, 0.15) is 0 Å². The quantitative estimate of drug-likeness (QED) is 0.831. The van der Waals surface area contributed by atoms with Gasteiger partial charge in [0.05, 0.1) is 0 Å². The Morgan fingerprint density at radius 2 is 1.58 bits per heavy atom. The van der Waals surface area contributed by atoms with Crippen LogP contribution in [0.1, 0.15) is 46.1 Å². The van der Waals surface area contributed by atoms with Crippen LogP contribution in [-0.4, -0.2) is 11.7 Å². The molecule has 0 aliphatic heterocycles. The van der Waals surface area contributed by atoms with Crippen LogP contribution in [0, 0.1) is 16.2 Å². The lowest BCUT2D eigenvalue weighted by Crippen LogP contribution is -2.34. The molecule has 1 aromatic rings. The Morgan fingerprint density at radius 3 is 2.00 bits per heavy atom. The van der Waals surface area contributed by atoms with Gasteiger partial charge in [-0.25, -0.2) is 0 Å². The number of nitrogens with two attached hydrogens (primary N) is 1. The largest absolute Gasteiger partial charge is 0.366 e. The Morgan fingerprint density at radius 1 is 1.08 bits per heavy atom. The van der Waals surface area contributed by atoms with Crippen molar-refractivity contribution in [1.82, 2.24) is 0 Å². The molecule has 128 valence electrons. The minimum atomic E-state index is -0.481. The van der Waals surface area contributed by atoms with Crippen LogP contribution in [0.3, 0.4) is 0 Å². The van der Waals surface area contributed by atoms with Crippen LogP contribution in [0.15, 0.2) is 48.6 Å². The van der Waals surface area contributed by atoms with Crippen molar-refractivity contribution in [3.63, 3.8) is 0 Å². The highest BCUT2D eigenvalue weighted by molar-refractivity contribution is 6.09. The molecular formula is C21H27NO2. The molecule has 0 spiro atoms. The summed E-state index contributed by atoms with van der Waals surface area (Å²) in [6.07, 6.45) is 5.33. The van der Waals surface area contributed by atoms with E-state index in [2.05, 4.69) is 58.2 Å². The van der Waals surface area contributed by atoms with Crippen LogP contribution in [0.5, 0.6) is 0 Å². The number of allylic oxidation sites excluding steroid dienone is 1. The summed E-state index contributed by atoms with van der Waals surface area (Å²) in [5, 5.41) is 0. The number of benzene rings is 1. The normalized spacial score (nSPS) is 31.5. The smallest absolute Gasteiger partial charge is 0.240 e. The minimum Gasteiger partial charge on any atom is -0.366 e. The van der Waals surface area contributed by atoms with Gasteiger partial charge in [0, 0.05) is 16.4 Å². The Labute approximate surface area is 144 Å². The molecule has 24 heavy (non-hydrogen) atoms. The molecule has 2 atom stereocenters. The topological polar surface area (TPSA) is 60.2 Å². The zero-order valence-corrected chi connectivity index (χ0v) is 15.1. The monoisotopic (exact) mass is 325 g/mol. The van der Waals surface area contributed by atoms with Crippen molar-refractivity contribution in [1.29, 1.82) is 0 Å². The SMILES string of the molecule is C=CC(N)=O.CC12CCC(C)(C(=Cc3ccccc3)C1=O)C2(C)C. The lowest BCUT2D eigenvalue weighted by Gasteiger charge is -2.37. The summed E-state index contributed by atoms with van der Waals surface area (Å²) >= 11 is 0. The van der Waals surface area contributed by atoms with Crippen molar-refractivity contribution < 1.29 is 9.59 Å². The fourth-order valence-electron chi connectivity index (χ4n) is 4.09. The molecule has 2 fully saturated rings. The molecular weight excluding hydrogens is 298 g/mol. The zero-order chi connectivity index (χ0) is 18.2. The maximum Gasteiger partial charge on any atom is 0.240 e. The van der Waals surface area contributed by atoms with Gasteiger partial charge in [-0.05, 0) is 36.0 Å². The molecule has 2 N–H and O–H groups in total. The Balaban J connectivity index is 0.000000368. The van der Waals surface area contributed by atoms with Crippen molar-refractivity contribution in [2.24, 2.45) is 22.0 Å². The van der Waals surface area contributed by atoms with Crippen LogP contribution in [0.25, 0.3) is 6.08 Å². The van der Waals surface area contributed by atoms with Gasteiger partial charge in [-0.3, -0.25) is 9.59 Å². The summed E-state index contributed by atoms with van der Waals surface area (Å²) in [4.78, 5) is 22.3. The lowest BCUT2D eigenvalue weighted by atomic mass is 9.65. The fourth-order valence-corrected chi connectivity index (χ4v) is 4.09. The highest BCUT2D eigenvalue weighted by atomic mass is 16.1. The van der Waals surface area contributed by atoms with Gasteiger partial charge in [-0.1, -0.05) is 64.6 Å². The molecule has 1 aromatic carbocycles. The van der Waals surface area contributed by atoms with Crippen LogP contribution < -0.4 is 5.73 Å². The highest BCUT2D eigenvalue weighted by Gasteiger charge is 2.69. The highest BCUT2D eigenvalue weighted by Crippen LogP contribution is 2.72. The second-order valence-electron chi connectivity index (χ2n) is 7.69. The third-order valence-electron chi connectivity index (χ3n) is 6.54. The molecule has 0 radical (unpaired) electrons. The molecule has 2 unspecified atom stereocenters. The molecule has 0 heterocycles. The predicted octanol–water partition coefficient (Wildman–Crippen LogP) is 4.14. The summed E-state index contributed by atoms with van der Waals surface area (Å²) in [6, 6.07) is 10.2. The van der Waals surface area contributed by atoms with Gasteiger partial charge < -0.3 is 5.73 Å². The molecule has 2 saturated carbocycles. The molecule has 1 amide bonds. The van der Waals surface area contributed by atoms with Crippen molar-refractivity contribution in [2.45, 2.75) is 40.5 Å². The Kier molecular flexibility index (Phi) is 4.58. The van der Waals surface area contributed by atoms with E-state index in [0.29, 0.717) is 5.78 Å². The molecule has 3 nitrogen and oxygen atoms in total. The summed E-state index contributed by atoms with van der Waals surface area (Å²) < 4.78 is 0. The number of Topliss-reactive ketones (excluding diaryl/α,β-unsaturated/α-hetero) is 1. The van der Waals surface area contributed by atoms with Crippen molar-refractivity contribution in [2.75, 3.05) is 0 Å². The van der Waals surface area contributed by atoms with Gasteiger partial charge in [-0.15, -0.1) is 0 Å². The van der Waals surface area contributed by atoms with E-state index in [1.54, 1.807) is 0 Å². The van der Waals surface area contributed by atoms with E-state index in [9.17, 15) is 9.59 Å². The number of carbonyl (C=O) groups is 2. The van der Waals surface area contributed by atoms with E-state index in [1.807, 2.05) is 18.2 Å². The summed E-state index contributed by atoms with van der Waals surface area (Å²) in [5.41, 5.74) is 6.61. The van der Waals surface area contributed by atoms with Crippen LogP contribution >= 0.6 is 0 Å². The number of amides is 1. The first-order valence-electron chi connectivity index (χ1n) is 8.34. The average Bonchev–Trinajstić information content (AvgIpc) is 2.80. The molecule has 0 aromatic heterocycles. The number of hydrogen-bond donors (Lipinski definition) is 1. The van der Waals surface area contributed by atoms with Crippen molar-refractivity contribution in [3.8, 4) is 0 Å². The van der Waals surface area contributed by atoms with E-state index < -0.39 is 5.91 Å². The van der Waals surface area contributed by atoms with E-state index in [4.69, 9.17) is 0 Å². The molecule has 2 aliphatic carbocycles. The number of primary amides is 1. The summed E-state index contributed by atoms with van der Waals surface area (Å²) in [6.45, 7) is 12.1. The lowest BCUT2D eigenvalue weighted by molar-refractivity contribution is -0.125. The van der Waals surface area contributed by atoms with Crippen molar-refractivity contribution >= 4 is 17.8 Å². The average molecular weight is 325 g/mol. The minimum absolute atomic E-state index is 0.0225. The van der Waals surface area contributed by atoms with E-state index in [1.165, 1.54) is 0 Å². The van der Waals surface area contributed by atoms with Gasteiger partial charge in [-0.2, -0.15) is 0 Å². The fraction of sp³-hybridized carbons (Fsp3) is 0.429. The van der Waals surface area contributed by atoms with E-state index in [0.717, 1.165) is 30.1 Å². The van der Waals surface area contributed by atoms with Gasteiger partial charge in [0.25, 0.3) is 0 Å². The number of fused-ring (bicyclic) bond motifs is 2. The van der Waals surface area contributed by atoms with Gasteiger partial charge in [0.15, 0.2) is 5.78 Å². The van der Waals surface area contributed by atoms with Crippen LogP contribution in [-0.2, 0) is 9.59 Å². The second-order valence-corrected chi connectivity index (χ2v) is 7.69. The van der Waals surface area contributed by atoms with Crippen molar-refractivity contribution in [3.05, 3.63) is 54.1 Å². The number of carbonyl (C=O) groups excluding carboxylic acids is 2. The maximum absolute atomic E-state index is 12.8. The summed E-state index contributed by atoms with van der Waals surface area (Å²) in [7, 11) is 0. The first kappa shape index (κ1) is 18.2. The molecule has 3 rings (SSSR count). The maximum atomic E-state index is 12.8. The first-order chi connectivity index (χ1) is 11.1. The van der Waals surface area contributed by atoms with E-state index in [-0.39, 0.29) is 16.2 Å². The number of rotatable bonds is 2. The van der Waals surface area contributed by atoms with Crippen LogP contribution in [0.2, 0.25) is 0 Å². The second kappa shape index (κ2) is 6.04. The predicted molar refractivity (Wildman–Crippen MR) is 98.0 cm³/mol. The number of ketones is 1. The standard InChI is InChI=1S/C18H22O.C3H5NO/c1-16(2)17(3)10-11-18(16,4)15(19)14(17)12-13-8-6-5-7-9-13;1-2-3(4)5/h5-9,12H,10-11H2,1-4H3;2H,1H2,(H2,4,5). The Hall–Kier alpha value is -2.16. The van der Waals surface area contributed by atoms with E-state index >= 15 is 0 Å². The third kappa shape index (κ3) is 2.52. The molecule has 2 aliphatic rings. The molecule has 2 bridgehead atoms. The molecule has 3 heteroatoms.